The third-order valence-corrected chi connectivity index (χ3v) is 2.98. The van der Waals surface area contributed by atoms with E-state index in [1.165, 1.54) is 17.3 Å². The van der Waals surface area contributed by atoms with Crippen LogP contribution in [0.1, 0.15) is 18.4 Å². The molecule has 3 heteroatoms. The first-order valence-corrected chi connectivity index (χ1v) is 7.49. The number of anilines is 1. The number of nitrogen functional groups attached to an aromatic ring is 1. The van der Waals surface area contributed by atoms with Gasteiger partial charge in [-0.15, -0.1) is 0 Å². The Morgan fingerprint density at radius 2 is 1.73 bits per heavy atom. The third-order valence-electron chi connectivity index (χ3n) is 2.98. The van der Waals surface area contributed by atoms with E-state index < -0.39 is 0 Å². The summed E-state index contributed by atoms with van der Waals surface area (Å²) in [5, 5.41) is 3.45. The number of allylic oxidation sites excluding steroid dienone is 4. The van der Waals surface area contributed by atoms with E-state index in [1.54, 1.807) is 0 Å². The maximum absolute atomic E-state index is 5.65. The first-order valence-electron chi connectivity index (χ1n) is 7.49. The lowest BCUT2D eigenvalue weighted by molar-refractivity contribution is 0.648. The molecule has 22 heavy (non-hydrogen) atoms. The van der Waals surface area contributed by atoms with Crippen LogP contribution in [0.4, 0.5) is 5.69 Å². The van der Waals surface area contributed by atoms with E-state index in [0.717, 1.165) is 38.0 Å². The molecule has 0 aliphatic rings. The summed E-state index contributed by atoms with van der Waals surface area (Å²) in [5.74, 6) is 0. The van der Waals surface area contributed by atoms with Crippen molar-refractivity contribution in [2.75, 3.05) is 18.8 Å². The van der Waals surface area contributed by atoms with Crippen molar-refractivity contribution >= 4 is 5.69 Å². The lowest BCUT2D eigenvalue weighted by Gasteiger charge is -2.06. The van der Waals surface area contributed by atoms with Gasteiger partial charge in [-0.25, -0.2) is 0 Å². The van der Waals surface area contributed by atoms with Crippen LogP contribution in [0, 0.1) is 0 Å². The van der Waals surface area contributed by atoms with Crippen molar-refractivity contribution in [1.29, 1.82) is 0 Å². The fourth-order valence-corrected chi connectivity index (χ4v) is 1.86. The minimum Gasteiger partial charge on any atom is -0.405 e. The number of hydrogen-bond acceptors (Lipinski definition) is 3. The molecule has 0 fully saturated rings. The smallest absolute Gasteiger partial charge is 0.0314 e. The Morgan fingerprint density at radius 3 is 2.27 bits per heavy atom. The summed E-state index contributed by atoms with van der Waals surface area (Å²) in [6.07, 6.45) is 10.2. The second kappa shape index (κ2) is 13.7. The van der Waals surface area contributed by atoms with Crippen molar-refractivity contribution in [3.8, 4) is 0 Å². The zero-order valence-electron chi connectivity index (χ0n) is 13.4. The van der Waals surface area contributed by atoms with Gasteiger partial charge in [0.1, 0.15) is 0 Å². The first kappa shape index (κ1) is 19.7. The van der Waals surface area contributed by atoms with Gasteiger partial charge in [-0.3, -0.25) is 0 Å². The van der Waals surface area contributed by atoms with E-state index in [1.807, 2.05) is 30.4 Å². The van der Waals surface area contributed by atoms with Crippen molar-refractivity contribution in [3.63, 3.8) is 0 Å². The van der Waals surface area contributed by atoms with E-state index in [4.69, 9.17) is 5.73 Å². The zero-order valence-corrected chi connectivity index (χ0v) is 13.4. The van der Waals surface area contributed by atoms with Crippen LogP contribution in [0.15, 0.2) is 74.0 Å². The predicted molar refractivity (Wildman–Crippen MR) is 99.5 cm³/mol. The Bertz CT molecular complexity index is 458. The Morgan fingerprint density at radius 1 is 1.09 bits per heavy atom. The Labute approximate surface area is 135 Å². The minimum atomic E-state index is 0.822. The normalized spacial score (nSPS) is 10.3. The number of rotatable bonds is 9. The van der Waals surface area contributed by atoms with Crippen molar-refractivity contribution in [2.24, 2.45) is 5.73 Å². The van der Waals surface area contributed by atoms with Gasteiger partial charge in [0.25, 0.3) is 0 Å². The van der Waals surface area contributed by atoms with E-state index in [2.05, 4.69) is 42.9 Å². The molecule has 0 spiro atoms. The van der Waals surface area contributed by atoms with E-state index in [9.17, 15) is 0 Å². The van der Waals surface area contributed by atoms with Gasteiger partial charge in [0.05, 0.1) is 0 Å². The van der Waals surface area contributed by atoms with Crippen LogP contribution in [0.3, 0.4) is 0 Å². The summed E-state index contributed by atoms with van der Waals surface area (Å²) >= 11 is 0. The van der Waals surface area contributed by atoms with Gasteiger partial charge < -0.3 is 16.8 Å². The van der Waals surface area contributed by atoms with Gasteiger partial charge in [0, 0.05) is 5.69 Å². The van der Waals surface area contributed by atoms with Crippen LogP contribution < -0.4 is 16.8 Å². The van der Waals surface area contributed by atoms with Crippen LogP contribution >= 0.6 is 0 Å². The fraction of sp³-hybridized carbons (Fsp3) is 0.263. The first-order chi connectivity index (χ1) is 10.7. The Hall–Kier alpha value is -2.26. The van der Waals surface area contributed by atoms with Gasteiger partial charge in [0.2, 0.25) is 0 Å². The van der Waals surface area contributed by atoms with Crippen LogP contribution in [0.25, 0.3) is 0 Å². The highest BCUT2D eigenvalue weighted by atomic mass is 14.8. The van der Waals surface area contributed by atoms with Crippen LogP contribution in [0.5, 0.6) is 0 Å². The summed E-state index contributed by atoms with van der Waals surface area (Å²) in [4.78, 5) is 0. The van der Waals surface area contributed by atoms with Crippen molar-refractivity contribution < 1.29 is 0 Å². The van der Waals surface area contributed by atoms with E-state index in [-0.39, 0.29) is 0 Å². The molecule has 3 nitrogen and oxygen atoms in total. The van der Waals surface area contributed by atoms with E-state index >= 15 is 0 Å². The fourth-order valence-electron chi connectivity index (χ4n) is 1.86. The number of nitrogens with one attached hydrogen (secondary N) is 1. The standard InChI is InChI=1S/C17H24N2.C2H5N/c1-3-6-15(4-2)7-5-13-19-14-12-16-8-10-17(18)11-9-16;1-2-3/h3-4,6,8-11,19H,1-2,5,7,12-14,18H2;2H,1,3H2/b15-6+;. The molecular weight excluding hydrogens is 270 g/mol. The van der Waals surface area contributed by atoms with Gasteiger partial charge in [-0.1, -0.05) is 50.1 Å². The topological polar surface area (TPSA) is 64.1 Å². The lowest BCUT2D eigenvalue weighted by atomic mass is 10.1. The minimum absolute atomic E-state index is 0.822. The van der Waals surface area contributed by atoms with Crippen LogP contribution in [-0.4, -0.2) is 13.1 Å². The second-order valence-corrected chi connectivity index (χ2v) is 4.76. The molecule has 0 bridgehead atoms. The maximum Gasteiger partial charge on any atom is 0.0314 e. The van der Waals surface area contributed by atoms with Gasteiger partial charge >= 0.3 is 0 Å². The molecule has 0 aliphatic carbocycles. The van der Waals surface area contributed by atoms with Crippen LogP contribution in [0.2, 0.25) is 0 Å². The average Bonchev–Trinajstić information content (AvgIpc) is 2.52. The molecule has 1 aromatic carbocycles. The van der Waals surface area contributed by atoms with Crippen molar-refractivity contribution in [3.05, 3.63) is 79.6 Å². The number of nitrogens with two attached hydrogens (primary N) is 2. The summed E-state index contributed by atoms with van der Waals surface area (Å²) in [6, 6.07) is 8.07. The molecule has 0 saturated carbocycles. The molecule has 0 amide bonds. The summed E-state index contributed by atoms with van der Waals surface area (Å²) < 4.78 is 0. The molecule has 0 atom stereocenters. The highest BCUT2D eigenvalue weighted by Crippen LogP contribution is 2.06. The van der Waals surface area contributed by atoms with Crippen molar-refractivity contribution in [2.45, 2.75) is 19.3 Å². The van der Waals surface area contributed by atoms with Gasteiger partial charge in [0.15, 0.2) is 0 Å². The molecule has 0 aromatic heterocycles. The number of benzene rings is 1. The summed E-state index contributed by atoms with van der Waals surface area (Å²) in [6.45, 7) is 12.7. The highest BCUT2D eigenvalue weighted by molar-refractivity contribution is 5.39. The average molecular weight is 299 g/mol. The monoisotopic (exact) mass is 299 g/mol. The second-order valence-electron chi connectivity index (χ2n) is 4.76. The quantitative estimate of drug-likeness (QED) is 0.371. The molecule has 0 radical (unpaired) electrons. The largest absolute Gasteiger partial charge is 0.405 e. The molecule has 120 valence electrons. The molecule has 0 unspecified atom stereocenters. The van der Waals surface area contributed by atoms with Crippen molar-refractivity contribution in [1.82, 2.24) is 5.32 Å². The van der Waals surface area contributed by atoms with Crippen LogP contribution in [-0.2, 0) is 6.42 Å². The Kier molecular flexibility index (Phi) is 12.3. The Balaban J connectivity index is 0.00000135. The molecule has 1 aromatic rings. The molecule has 5 N–H and O–H groups in total. The number of hydrogen-bond donors (Lipinski definition) is 3. The predicted octanol–water partition coefficient (Wildman–Crippen LogP) is 3.57. The lowest BCUT2D eigenvalue weighted by Crippen LogP contribution is -2.18. The van der Waals surface area contributed by atoms with E-state index in [0.29, 0.717) is 0 Å². The van der Waals surface area contributed by atoms with Gasteiger partial charge in [-0.2, -0.15) is 0 Å². The molecule has 1 rings (SSSR count). The molecule has 0 aliphatic heterocycles. The highest BCUT2D eigenvalue weighted by Gasteiger charge is 1.94. The summed E-state index contributed by atoms with van der Waals surface area (Å²) in [5.41, 5.74) is 13.6. The van der Waals surface area contributed by atoms with Gasteiger partial charge in [-0.05, 0) is 61.8 Å². The zero-order chi connectivity index (χ0) is 16.6. The third kappa shape index (κ3) is 10.5. The molecule has 0 heterocycles. The molecular formula is C19H29N3. The summed E-state index contributed by atoms with van der Waals surface area (Å²) in [7, 11) is 0. The molecule has 0 saturated heterocycles. The SMILES string of the molecule is C=C/C=C(\C=C)CCCNCCc1ccc(N)cc1.C=CN. The maximum atomic E-state index is 5.65.